The molecule has 0 saturated carbocycles. The Balaban J connectivity index is 1.74. The first-order valence-corrected chi connectivity index (χ1v) is 6.14. The van der Waals surface area contributed by atoms with Crippen LogP contribution in [0, 0.1) is 5.82 Å². The van der Waals surface area contributed by atoms with E-state index in [0.29, 0.717) is 6.04 Å². The summed E-state index contributed by atoms with van der Waals surface area (Å²) in [6.45, 7) is 0. The third-order valence-corrected chi connectivity index (χ3v) is 3.38. The molecule has 92 valence electrons. The smallest absolute Gasteiger partial charge is 0.123 e. The summed E-state index contributed by atoms with van der Waals surface area (Å²) in [7, 11) is 0. The van der Waals surface area contributed by atoms with Crippen molar-refractivity contribution in [2.45, 2.75) is 18.5 Å². The highest BCUT2D eigenvalue weighted by Crippen LogP contribution is 2.30. The van der Waals surface area contributed by atoms with Gasteiger partial charge in [-0.1, -0.05) is 42.5 Å². The van der Waals surface area contributed by atoms with Gasteiger partial charge in [0.15, 0.2) is 0 Å². The van der Waals surface area contributed by atoms with Crippen LogP contribution in [0.5, 0.6) is 0 Å². The Morgan fingerprint density at radius 1 is 0.778 bits per heavy atom. The molecule has 0 radical (unpaired) electrons. The van der Waals surface area contributed by atoms with Crippen molar-refractivity contribution in [3.8, 4) is 0 Å². The molecule has 2 aromatic carbocycles. The zero-order valence-corrected chi connectivity index (χ0v) is 9.94. The molecule has 1 heterocycles. The molecule has 2 N–H and O–H groups in total. The lowest BCUT2D eigenvalue weighted by atomic mass is 9.98. The van der Waals surface area contributed by atoms with Gasteiger partial charge in [-0.05, 0) is 29.7 Å². The van der Waals surface area contributed by atoms with Crippen molar-refractivity contribution in [1.29, 1.82) is 0 Å². The van der Waals surface area contributed by atoms with Crippen LogP contribution < -0.4 is 10.9 Å². The van der Waals surface area contributed by atoms with E-state index in [1.54, 1.807) is 0 Å². The van der Waals surface area contributed by atoms with E-state index in [0.717, 1.165) is 12.0 Å². The highest BCUT2D eigenvalue weighted by atomic mass is 19.1. The molecule has 0 amide bonds. The Labute approximate surface area is 106 Å². The second-order valence-corrected chi connectivity index (χ2v) is 4.59. The predicted molar refractivity (Wildman–Crippen MR) is 69.2 cm³/mol. The predicted octanol–water partition coefficient (Wildman–Crippen LogP) is 3.11. The van der Waals surface area contributed by atoms with Crippen LogP contribution in [0.2, 0.25) is 0 Å². The first-order chi connectivity index (χ1) is 8.83. The van der Waals surface area contributed by atoms with Crippen molar-refractivity contribution < 1.29 is 4.39 Å². The molecule has 0 aliphatic carbocycles. The fourth-order valence-electron chi connectivity index (χ4n) is 2.37. The molecule has 0 bridgehead atoms. The van der Waals surface area contributed by atoms with Gasteiger partial charge in [-0.15, -0.1) is 0 Å². The minimum absolute atomic E-state index is 0.190. The first kappa shape index (κ1) is 11.4. The normalized spacial score (nSPS) is 23.2. The average Bonchev–Trinajstić information content (AvgIpc) is 2.90. The van der Waals surface area contributed by atoms with Gasteiger partial charge in [0.25, 0.3) is 0 Å². The van der Waals surface area contributed by atoms with Crippen LogP contribution in [0.3, 0.4) is 0 Å². The number of halogens is 1. The third-order valence-electron chi connectivity index (χ3n) is 3.38. The summed E-state index contributed by atoms with van der Waals surface area (Å²) in [4.78, 5) is 0. The van der Waals surface area contributed by atoms with Gasteiger partial charge in [0.05, 0.1) is 0 Å². The molecule has 1 fully saturated rings. The molecule has 2 atom stereocenters. The summed E-state index contributed by atoms with van der Waals surface area (Å²) in [6.07, 6.45) is 0.968. The third kappa shape index (κ3) is 2.28. The molecule has 1 aliphatic rings. The number of hydrogen-bond acceptors (Lipinski definition) is 2. The Kier molecular flexibility index (Phi) is 3.09. The van der Waals surface area contributed by atoms with E-state index in [1.165, 1.54) is 17.7 Å². The van der Waals surface area contributed by atoms with Gasteiger partial charge >= 0.3 is 0 Å². The lowest BCUT2D eigenvalue weighted by Gasteiger charge is -2.09. The monoisotopic (exact) mass is 242 g/mol. The second kappa shape index (κ2) is 4.88. The zero-order chi connectivity index (χ0) is 12.4. The van der Waals surface area contributed by atoms with Crippen molar-refractivity contribution >= 4 is 0 Å². The highest BCUT2D eigenvalue weighted by molar-refractivity contribution is 5.25. The van der Waals surface area contributed by atoms with Crippen LogP contribution in [0.15, 0.2) is 54.6 Å². The molecule has 0 spiro atoms. The molecule has 2 unspecified atom stereocenters. The fourth-order valence-corrected chi connectivity index (χ4v) is 2.37. The summed E-state index contributed by atoms with van der Waals surface area (Å²) in [5.41, 5.74) is 8.95. The average molecular weight is 242 g/mol. The molecule has 18 heavy (non-hydrogen) atoms. The first-order valence-electron chi connectivity index (χ1n) is 6.14. The number of benzene rings is 2. The SMILES string of the molecule is Fc1ccc(C2CC(c3ccccc3)NN2)cc1. The molecule has 3 rings (SSSR count). The number of rotatable bonds is 2. The number of hydrogen-bond donors (Lipinski definition) is 2. The standard InChI is InChI=1S/C15H15FN2/c16-13-8-6-12(7-9-13)15-10-14(17-18-15)11-4-2-1-3-5-11/h1-9,14-15,17-18H,10H2. The van der Waals surface area contributed by atoms with Crippen LogP contribution in [0.1, 0.15) is 29.6 Å². The Hall–Kier alpha value is -1.71. The topological polar surface area (TPSA) is 24.1 Å². The maximum absolute atomic E-state index is 12.9. The van der Waals surface area contributed by atoms with E-state index in [1.807, 2.05) is 30.3 Å². The summed E-state index contributed by atoms with van der Waals surface area (Å²) in [5, 5.41) is 0. The number of nitrogens with one attached hydrogen (secondary N) is 2. The summed E-state index contributed by atoms with van der Waals surface area (Å²) in [5.74, 6) is -0.190. The van der Waals surface area contributed by atoms with Crippen molar-refractivity contribution in [3.05, 3.63) is 71.5 Å². The quantitative estimate of drug-likeness (QED) is 0.845. The second-order valence-electron chi connectivity index (χ2n) is 4.59. The van der Waals surface area contributed by atoms with E-state index in [4.69, 9.17) is 0 Å². The minimum Gasteiger partial charge on any atom is -0.250 e. The van der Waals surface area contributed by atoms with E-state index in [2.05, 4.69) is 23.0 Å². The van der Waals surface area contributed by atoms with E-state index >= 15 is 0 Å². The van der Waals surface area contributed by atoms with Crippen LogP contribution in [-0.4, -0.2) is 0 Å². The maximum Gasteiger partial charge on any atom is 0.123 e. The molecule has 0 aromatic heterocycles. The molecule has 2 nitrogen and oxygen atoms in total. The van der Waals surface area contributed by atoms with Gasteiger partial charge in [-0.2, -0.15) is 0 Å². The number of hydrazine groups is 1. The molecular formula is C15H15FN2. The van der Waals surface area contributed by atoms with Crippen molar-refractivity contribution in [2.24, 2.45) is 0 Å². The lowest BCUT2D eigenvalue weighted by Crippen LogP contribution is -2.26. The molecule has 2 aromatic rings. The Bertz CT molecular complexity index is 510. The lowest BCUT2D eigenvalue weighted by molar-refractivity contribution is 0.554. The summed E-state index contributed by atoms with van der Waals surface area (Å²) in [6, 6.07) is 17.6. The zero-order valence-electron chi connectivity index (χ0n) is 9.94. The van der Waals surface area contributed by atoms with Crippen LogP contribution in [0.25, 0.3) is 0 Å². The van der Waals surface area contributed by atoms with Gasteiger partial charge in [0.2, 0.25) is 0 Å². The Morgan fingerprint density at radius 2 is 1.33 bits per heavy atom. The molecule has 1 aliphatic heterocycles. The minimum atomic E-state index is -0.190. The molecule has 1 saturated heterocycles. The largest absolute Gasteiger partial charge is 0.250 e. The fraction of sp³-hybridized carbons (Fsp3) is 0.200. The Morgan fingerprint density at radius 3 is 1.94 bits per heavy atom. The van der Waals surface area contributed by atoms with Gasteiger partial charge in [0, 0.05) is 12.1 Å². The van der Waals surface area contributed by atoms with Crippen LogP contribution >= 0.6 is 0 Å². The highest BCUT2D eigenvalue weighted by Gasteiger charge is 2.25. The van der Waals surface area contributed by atoms with Gasteiger partial charge in [-0.25, -0.2) is 15.2 Å². The van der Waals surface area contributed by atoms with Gasteiger partial charge in [-0.3, -0.25) is 0 Å². The maximum atomic E-state index is 12.9. The van der Waals surface area contributed by atoms with Gasteiger partial charge in [0.1, 0.15) is 5.82 Å². The molecular weight excluding hydrogens is 227 g/mol. The van der Waals surface area contributed by atoms with E-state index < -0.39 is 0 Å². The van der Waals surface area contributed by atoms with Crippen molar-refractivity contribution in [1.82, 2.24) is 10.9 Å². The summed E-state index contributed by atoms with van der Waals surface area (Å²) >= 11 is 0. The van der Waals surface area contributed by atoms with Crippen LogP contribution in [-0.2, 0) is 0 Å². The van der Waals surface area contributed by atoms with E-state index in [9.17, 15) is 4.39 Å². The van der Waals surface area contributed by atoms with Crippen LogP contribution in [0.4, 0.5) is 4.39 Å². The molecule has 3 heteroatoms. The van der Waals surface area contributed by atoms with E-state index in [-0.39, 0.29) is 11.9 Å². The van der Waals surface area contributed by atoms with Gasteiger partial charge < -0.3 is 0 Å². The van der Waals surface area contributed by atoms with Crippen molar-refractivity contribution in [3.63, 3.8) is 0 Å². The summed E-state index contributed by atoms with van der Waals surface area (Å²) < 4.78 is 12.9. The van der Waals surface area contributed by atoms with Crippen molar-refractivity contribution in [2.75, 3.05) is 0 Å².